The molecule has 20 heavy (non-hydrogen) atoms. The van der Waals surface area contributed by atoms with Gasteiger partial charge in [0.1, 0.15) is 12.4 Å². The molecular formula is C15H21NO4. The van der Waals surface area contributed by atoms with Gasteiger partial charge in [0.2, 0.25) is 0 Å². The Hall–Kier alpha value is -1.59. The maximum Gasteiger partial charge on any atom is 0.313 e. The molecule has 0 spiro atoms. The van der Waals surface area contributed by atoms with Gasteiger partial charge in [-0.25, -0.2) is 0 Å². The molecule has 5 nitrogen and oxygen atoms in total. The summed E-state index contributed by atoms with van der Waals surface area (Å²) in [6.45, 7) is 4.07. The topological polar surface area (TPSA) is 56.8 Å². The van der Waals surface area contributed by atoms with Crippen LogP contribution in [-0.2, 0) is 20.9 Å². The minimum absolute atomic E-state index is 0.0535. The summed E-state index contributed by atoms with van der Waals surface area (Å²) < 4.78 is 15.9. The lowest BCUT2D eigenvalue weighted by Gasteiger charge is -2.17. The van der Waals surface area contributed by atoms with Crippen molar-refractivity contribution in [2.45, 2.75) is 19.6 Å². The van der Waals surface area contributed by atoms with Crippen molar-refractivity contribution in [2.24, 2.45) is 5.92 Å². The van der Waals surface area contributed by atoms with Gasteiger partial charge in [0.05, 0.1) is 26.2 Å². The van der Waals surface area contributed by atoms with Gasteiger partial charge in [-0.15, -0.1) is 0 Å². The number of benzene rings is 1. The third kappa shape index (κ3) is 3.71. The Balaban J connectivity index is 1.88. The summed E-state index contributed by atoms with van der Waals surface area (Å²) in [6, 6.07) is 7.56. The van der Waals surface area contributed by atoms with Crippen molar-refractivity contribution >= 4 is 5.97 Å². The van der Waals surface area contributed by atoms with E-state index in [0.29, 0.717) is 13.2 Å². The predicted molar refractivity (Wildman–Crippen MR) is 74.6 cm³/mol. The van der Waals surface area contributed by atoms with Crippen LogP contribution in [0.4, 0.5) is 0 Å². The van der Waals surface area contributed by atoms with Crippen LogP contribution >= 0.6 is 0 Å². The van der Waals surface area contributed by atoms with E-state index in [-0.39, 0.29) is 24.5 Å². The van der Waals surface area contributed by atoms with Gasteiger partial charge in [0.15, 0.2) is 0 Å². The van der Waals surface area contributed by atoms with E-state index in [9.17, 15) is 4.79 Å². The Morgan fingerprint density at radius 1 is 1.45 bits per heavy atom. The molecule has 1 aliphatic heterocycles. The minimum Gasteiger partial charge on any atom is -0.497 e. The highest BCUT2D eigenvalue weighted by Crippen LogP contribution is 2.18. The number of carbonyl (C=O) groups excluding carboxylic acids is 1. The highest BCUT2D eigenvalue weighted by molar-refractivity contribution is 5.73. The molecule has 0 saturated carbocycles. The maximum atomic E-state index is 12.1. The average Bonchev–Trinajstić information content (AvgIpc) is 2.94. The summed E-state index contributed by atoms with van der Waals surface area (Å²) in [5, 5.41) is 3.25. The Labute approximate surface area is 119 Å². The molecule has 1 heterocycles. The number of carbonyl (C=O) groups is 1. The standard InChI is InChI=1S/C15H21NO4/c1-3-16-14-10-19-9-13(14)15(17)20-8-11-5-4-6-12(7-11)18-2/h4-7,13-14,16H,3,8-10H2,1-2H3. The van der Waals surface area contributed by atoms with E-state index in [1.807, 2.05) is 31.2 Å². The molecular weight excluding hydrogens is 258 g/mol. The van der Waals surface area contributed by atoms with Gasteiger partial charge in [0, 0.05) is 6.04 Å². The number of nitrogens with one attached hydrogen (secondary N) is 1. The molecule has 2 unspecified atom stereocenters. The number of ether oxygens (including phenoxy) is 3. The van der Waals surface area contributed by atoms with Gasteiger partial charge in [-0.3, -0.25) is 4.79 Å². The first-order valence-electron chi connectivity index (χ1n) is 6.85. The fourth-order valence-corrected chi connectivity index (χ4v) is 2.27. The van der Waals surface area contributed by atoms with Crippen molar-refractivity contribution in [1.29, 1.82) is 0 Å². The molecule has 1 fully saturated rings. The van der Waals surface area contributed by atoms with Crippen LogP contribution in [0.2, 0.25) is 0 Å². The number of likely N-dealkylation sites (N-methyl/N-ethyl adjacent to an activating group) is 1. The molecule has 1 aromatic rings. The smallest absolute Gasteiger partial charge is 0.313 e. The van der Waals surface area contributed by atoms with Crippen molar-refractivity contribution < 1.29 is 19.0 Å². The van der Waals surface area contributed by atoms with Crippen molar-refractivity contribution in [3.05, 3.63) is 29.8 Å². The Morgan fingerprint density at radius 3 is 3.05 bits per heavy atom. The highest BCUT2D eigenvalue weighted by Gasteiger charge is 2.34. The lowest BCUT2D eigenvalue weighted by molar-refractivity contribution is -0.150. The maximum absolute atomic E-state index is 12.1. The van der Waals surface area contributed by atoms with Crippen LogP contribution in [0.25, 0.3) is 0 Å². The van der Waals surface area contributed by atoms with Crippen LogP contribution < -0.4 is 10.1 Å². The molecule has 2 rings (SSSR count). The lowest BCUT2D eigenvalue weighted by Crippen LogP contribution is -2.39. The second kappa shape index (κ2) is 7.26. The summed E-state index contributed by atoms with van der Waals surface area (Å²) >= 11 is 0. The molecule has 0 radical (unpaired) electrons. The molecule has 0 aromatic heterocycles. The van der Waals surface area contributed by atoms with Crippen molar-refractivity contribution in [3.63, 3.8) is 0 Å². The van der Waals surface area contributed by atoms with E-state index in [2.05, 4.69) is 5.32 Å². The predicted octanol–water partition coefficient (Wildman–Crippen LogP) is 1.36. The molecule has 5 heteroatoms. The Morgan fingerprint density at radius 2 is 2.30 bits per heavy atom. The van der Waals surface area contributed by atoms with Gasteiger partial charge >= 0.3 is 5.97 Å². The Bertz CT molecular complexity index is 449. The zero-order valence-electron chi connectivity index (χ0n) is 11.9. The van der Waals surface area contributed by atoms with Crippen molar-refractivity contribution in [2.75, 3.05) is 26.9 Å². The summed E-state index contributed by atoms with van der Waals surface area (Å²) in [5.41, 5.74) is 0.914. The van der Waals surface area contributed by atoms with Crippen LogP contribution in [-0.4, -0.2) is 38.9 Å². The largest absolute Gasteiger partial charge is 0.497 e. The molecule has 2 atom stereocenters. The number of methoxy groups -OCH3 is 1. The molecule has 0 amide bonds. The third-order valence-corrected chi connectivity index (χ3v) is 3.36. The molecule has 110 valence electrons. The van der Waals surface area contributed by atoms with Crippen LogP contribution in [0.3, 0.4) is 0 Å². The van der Waals surface area contributed by atoms with Gasteiger partial charge in [-0.1, -0.05) is 19.1 Å². The second-order valence-electron chi connectivity index (χ2n) is 4.77. The van der Waals surface area contributed by atoms with Gasteiger partial charge in [-0.2, -0.15) is 0 Å². The first-order valence-corrected chi connectivity index (χ1v) is 6.85. The highest BCUT2D eigenvalue weighted by atomic mass is 16.5. The summed E-state index contributed by atoms with van der Waals surface area (Å²) in [5.74, 6) is 0.324. The molecule has 0 bridgehead atoms. The quantitative estimate of drug-likeness (QED) is 0.797. The van der Waals surface area contributed by atoms with Crippen molar-refractivity contribution in [1.82, 2.24) is 5.32 Å². The lowest BCUT2D eigenvalue weighted by atomic mass is 10.0. The number of hydrogen-bond acceptors (Lipinski definition) is 5. The molecule has 1 aliphatic rings. The molecule has 1 N–H and O–H groups in total. The first-order chi connectivity index (χ1) is 9.74. The fraction of sp³-hybridized carbons (Fsp3) is 0.533. The van der Waals surface area contributed by atoms with E-state index in [4.69, 9.17) is 14.2 Å². The summed E-state index contributed by atoms with van der Waals surface area (Å²) in [6.07, 6.45) is 0. The van der Waals surface area contributed by atoms with Crippen molar-refractivity contribution in [3.8, 4) is 5.75 Å². The van der Waals surface area contributed by atoms with Gasteiger partial charge in [0.25, 0.3) is 0 Å². The van der Waals surface area contributed by atoms with E-state index < -0.39 is 0 Å². The average molecular weight is 279 g/mol. The van der Waals surface area contributed by atoms with Crippen LogP contribution in [0, 0.1) is 5.92 Å². The van der Waals surface area contributed by atoms with E-state index in [1.54, 1.807) is 7.11 Å². The number of hydrogen-bond donors (Lipinski definition) is 1. The first kappa shape index (κ1) is 14.8. The normalized spacial score (nSPS) is 21.7. The van der Waals surface area contributed by atoms with E-state index in [1.165, 1.54) is 0 Å². The zero-order valence-corrected chi connectivity index (χ0v) is 11.9. The van der Waals surface area contributed by atoms with E-state index in [0.717, 1.165) is 17.9 Å². The SMILES string of the molecule is CCNC1COCC1C(=O)OCc1cccc(OC)c1. The Kier molecular flexibility index (Phi) is 5.38. The van der Waals surface area contributed by atoms with Crippen LogP contribution in [0.1, 0.15) is 12.5 Å². The molecule has 1 saturated heterocycles. The number of esters is 1. The molecule has 1 aromatic carbocycles. The van der Waals surface area contributed by atoms with Gasteiger partial charge in [-0.05, 0) is 24.2 Å². The molecule has 0 aliphatic carbocycles. The second-order valence-corrected chi connectivity index (χ2v) is 4.77. The minimum atomic E-state index is -0.222. The van der Waals surface area contributed by atoms with Crippen LogP contribution in [0.5, 0.6) is 5.75 Å². The van der Waals surface area contributed by atoms with Crippen LogP contribution in [0.15, 0.2) is 24.3 Å². The van der Waals surface area contributed by atoms with E-state index >= 15 is 0 Å². The fourth-order valence-electron chi connectivity index (χ4n) is 2.27. The summed E-state index contributed by atoms with van der Waals surface area (Å²) in [7, 11) is 1.61. The van der Waals surface area contributed by atoms with Gasteiger partial charge < -0.3 is 19.5 Å². The number of rotatable bonds is 6. The third-order valence-electron chi connectivity index (χ3n) is 3.36. The zero-order chi connectivity index (χ0) is 14.4. The monoisotopic (exact) mass is 279 g/mol. The summed E-state index contributed by atoms with van der Waals surface area (Å²) in [4.78, 5) is 12.1.